The molecule has 164 valence electrons. The van der Waals surface area contributed by atoms with Gasteiger partial charge in [-0.3, -0.25) is 4.79 Å². The van der Waals surface area contributed by atoms with Gasteiger partial charge in [0.1, 0.15) is 18.0 Å². The number of halogens is 1. The summed E-state index contributed by atoms with van der Waals surface area (Å²) in [4.78, 5) is 27.6. The first-order chi connectivity index (χ1) is 14.8. The van der Waals surface area contributed by atoms with Crippen molar-refractivity contribution in [3.8, 4) is 0 Å². The number of aliphatic hydroxyl groups is 1. The van der Waals surface area contributed by atoms with E-state index in [9.17, 15) is 9.90 Å². The van der Waals surface area contributed by atoms with Crippen LogP contribution in [0.1, 0.15) is 30.8 Å². The molecule has 1 aromatic carbocycles. The third-order valence-corrected chi connectivity index (χ3v) is 6.03. The summed E-state index contributed by atoms with van der Waals surface area (Å²) in [6, 6.07) is 7.50. The molecule has 1 aliphatic heterocycles. The predicted octanol–water partition coefficient (Wildman–Crippen LogP) is 2.41. The number of benzene rings is 1. The van der Waals surface area contributed by atoms with Gasteiger partial charge in [-0.1, -0.05) is 11.6 Å². The number of aromatic nitrogens is 4. The van der Waals surface area contributed by atoms with Crippen molar-refractivity contribution in [3.05, 3.63) is 47.1 Å². The number of piperidine rings is 1. The Balaban J connectivity index is 1.32. The molecule has 3 heterocycles. The maximum absolute atomic E-state index is 12.5. The Morgan fingerprint density at radius 3 is 2.97 bits per heavy atom. The third kappa shape index (κ3) is 4.97. The number of carbonyl (C=O) groups is 1. The van der Waals surface area contributed by atoms with E-state index in [0.717, 1.165) is 41.3 Å². The second-order valence-electron chi connectivity index (χ2n) is 8.26. The minimum atomic E-state index is -0.985. The Morgan fingerprint density at radius 2 is 2.16 bits per heavy atom. The number of β-amino-alcohol motifs (C(OH)–C–C–N with tert-alkyl or cyclic N) is 1. The standard InChI is InChI=1S/C22H27ClN6O2/c1-15-10-20(26-14-25-15)29-9-3-8-22(31,13-29)12-24-21(30)7-6-19-27-17-11-16(23)4-5-18(17)28(19)2/h4-5,10-11,14,31H,3,6-9,12-13H2,1-2H3,(H,24,30). The second kappa shape index (κ2) is 8.80. The summed E-state index contributed by atoms with van der Waals surface area (Å²) >= 11 is 6.05. The fourth-order valence-electron chi connectivity index (χ4n) is 4.09. The van der Waals surface area contributed by atoms with Crippen LogP contribution in [0, 0.1) is 6.92 Å². The van der Waals surface area contributed by atoms with Crippen molar-refractivity contribution in [1.29, 1.82) is 0 Å². The highest BCUT2D eigenvalue weighted by Gasteiger charge is 2.34. The molecule has 0 bridgehead atoms. The van der Waals surface area contributed by atoms with Gasteiger partial charge in [-0.15, -0.1) is 0 Å². The number of rotatable bonds is 6. The van der Waals surface area contributed by atoms with Gasteiger partial charge in [-0.25, -0.2) is 15.0 Å². The minimum absolute atomic E-state index is 0.103. The van der Waals surface area contributed by atoms with E-state index in [2.05, 4.69) is 25.2 Å². The Labute approximate surface area is 186 Å². The van der Waals surface area contributed by atoms with Gasteiger partial charge >= 0.3 is 0 Å². The molecule has 3 aromatic rings. The van der Waals surface area contributed by atoms with Crippen molar-refractivity contribution in [2.24, 2.45) is 7.05 Å². The highest BCUT2D eigenvalue weighted by Crippen LogP contribution is 2.25. The zero-order valence-corrected chi connectivity index (χ0v) is 18.6. The molecule has 2 aromatic heterocycles. The summed E-state index contributed by atoms with van der Waals surface area (Å²) in [6.45, 7) is 3.38. The fourth-order valence-corrected chi connectivity index (χ4v) is 4.26. The molecule has 1 atom stereocenters. The highest BCUT2D eigenvalue weighted by molar-refractivity contribution is 6.31. The van der Waals surface area contributed by atoms with E-state index in [0.29, 0.717) is 30.8 Å². The summed E-state index contributed by atoms with van der Waals surface area (Å²) < 4.78 is 1.98. The molecule has 1 fully saturated rings. The van der Waals surface area contributed by atoms with Crippen LogP contribution >= 0.6 is 11.6 Å². The monoisotopic (exact) mass is 442 g/mol. The molecule has 0 aliphatic carbocycles. The molecule has 1 saturated heterocycles. The van der Waals surface area contributed by atoms with Gasteiger partial charge < -0.3 is 19.9 Å². The van der Waals surface area contributed by atoms with Gasteiger partial charge in [0, 0.05) is 56.3 Å². The van der Waals surface area contributed by atoms with Crippen molar-refractivity contribution in [1.82, 2.24) is 24.8 Å². The molecule has 31 heavy (non-hydrogen) atoms. The van der Waals surface area contributed by atoms with Crippen LogP contribution in [0.2, 0.25) is 5.02 Å². The summed E-state index contributed by atoms with van der Waals surface area (Å²) in [5, 5.41) is 14.6. The topological polar surface area (TPSA) is 96.2 Å². The van der Waals surface area contributed by atoms with E-state index < -0.39 is 5.60 Å². The molecule has 2 N–H and O–H groups in total. The van der Waals surface area contributed by atoms with Gasteiger partial charge in [-0.05, 0) is 38.0 Å². The van der Waals surface area contributed by atoms with Crippen molar-refractivity contribution < 1.29 is 9.90 Å². The Bertz CT molecular complexity index is 1100. The normalized spacial score (nSPS) is 19.0. The highest BCUT2D eigenvalue weighted by atomic mass is 35.5. The summed E-state index contributed by atoms with van der Waals surface area (Å²) in [7, 11) is 1.94. The Morgan fingerprint density at radius 1 is 1.32 bits per heavy atom. The van der Waals surface area contributed by atoms with Crippen LogP contribution < -0.4 is 10.2 Å². The Hall–Kier alpha value is -2.71. The molecule has 4 rings (SSSR count). The average Bonchev–Trinajstić information content (AvgIpc) is 3.05. The van der Waals surface area contributed by atoms with Crippen molar-refractivity contribution >= 4 is 34.4 Å². The van der Waals surface area contributed by atoms with E-state index in [1.807, 2.05) is 42.8 Å². The Kier molecular flexibility index (Phi) is 6.11. The number of hydrogen-bond donors (Lipinski definition) is 2. The largest absolute Gasteiger partial charge is 0.386 e. The van der Waals surface area contributed by atoms with E-state index in [4.69, 9.17) is 11.6 Å². The number of fused-ring (bicyclic) bond motifs is 1. The maximum atomic E-state index is 12.5. The molecule has 8 nitrogen and oxygen atoms in total. The smallest absolute Gasteiger partial charge is 0.220 e. The lowest BCUT2D eigenvalue weighted by Crippen LogP contribution is -2.54. The number of anilines is 1. The van der Waals surface area contributed by atoms with E-state index in [1.54, 1.807) is 0 Å². The van der Waals surface area contributed by atoms with Crippen LogP contribution in [-0.2, 0) is 18.3 Å². The molecule has 9 heteroatoms. The van der Waals surface area contributed by atoms with Gasteiger partial charge in [0.15, 0.2) is 0 Å². The lowest BCUT2D eigenvalue weighted by Gasteiger charge is -2.39. The minimum Gasteiger partial charge on any atom is -0.386 e. The van der Waals surface area contributed by atoms with Crippen LogP contribution in [0.25, 0.3) is 11.0 Å². The van der Waals surface area contributed by atoms with Gasteiger partial charge in [-0.2, -0.15) is 0 Å². The van der Waals surface area contributed by atoms with Crippen molar-refractivity contribution in [2.45, 2.75) is 38.2 Å². The van der Waals surface area contributed by atoms with Crippen LogP contribution in [0.15, 0.2) is 30.6 Å². The van der Waals surface area contributed by atoms with Crippen LogP contribution in [0.5, 0.6) is 0 Å². The number of nitrogens with one attached hydrogen (secondary N) is 1. The molecular formula is C22H27ClN6O2. The molecular weight excluding hydrogens is 416 g/mol. The molecule has 0 radical (unpaired) electrons. The van der Waals surface area contributed by atoms with Crippen LogP contribution in [0.3, 0.4) is 0 Å². The van der Waals surface area contributed by atoms with E-state index >= 15 is 0 Å². The summed E-state index contributed by atoms with van der Waals surface area (Å²) in [6.07, 6.45) is 3.82. The van der Waals surface area contributed by atoms with Gasteiger partial charge in [0.2, 0.25) is 5.91 Å². The first-order valence-corrected chi connectivity index (χ1v) is 10.8. The number of imidazole rings is 1. The van der Waals surface area contributed by atoms with Gasteiger partial charge in [0.25, 0.3) is 0 Å². The maximum Gasteiger partial charge on any atom is 0.220 e. The van der Waals surface area contributed by atoms with Gasteiger partial charge in [0.05, 0.1) is 16.6 Å². The van der Waals surface area contributed by atoms with Crippen molar-refractivity contribution in [3.63, 3.8) is 0 Å². The number of nitrogens with zero attached hydrogens (tertiary/aromatic N) is 5. The number of amides is 1. The van der Waals surface area contributed by atoms with Crippen molar-refractivity contribution in [2.75, 3.05) is 24.5 Å². The molecule has 1 aliphatic rings. The zero-order valence-electron chi connectivity index (χ0n) is 17.8. The van der Waals surface area contributed by atoms with E-state index in [-0.39, 0.29) is 12.5 Å². The molecule has 0 saturated carbocycles. The SMILES string of the molecule is Cc1cc(N2CCCC(O)(CNC(=O)CCc3nc4cc(Cl)ccc4n3C)C2)ncn1. The lowest BCUT2D eigenvalue weighted by atomic mass is 9.92. The quantitative estimate of drug-likeness (QED) is 0.608. The first kappa shape index (κ1) is 21.5. The molecule has 1 unspecified atom stereocenters. The molecule has 0 spiro atoms. The fraction of sp³-hybridized carbons (Fsp3) is 0.455. The summed E-state index contributed by atoms with van der Waals surface area (Å²) in [5.74, 6) is 1.53. The number of aryl methyl sites for hydroxylation is 3. The zero-order chi connectivity index (χ0) is 22.0. The first-order valence-electron chi connectivity index (χ1n) is 10.5. The van der Waals surface area contributed by atoms with Crippen LogP contribution in [0.4, 0.5) is 5.82 Å². The molecule has 1 amide bonds. The predicted molar refractivity (Wildman–Crippen MR) is 120 cm³/mol. The van der Waals surface area contributed by atoms with E-state index in [1.165, 1.54) is 6.33 Å². The number of hydrogen-bond acceptors (Lipinski definition) is 6. The summed E-state index contributed by atoms with van der Waals surface area (Å²) in [5.41, 5.74) is 1.71. The lowest BCUT2D eigenvalue weighted by molar-refractivity contribution is -0.122. The third-order valence-electron chi connectivity index (χ3n) is 5.79. The second-order valence-corrected chi connectivity index (χ2v) is 8.70. The number of carbonyl (C=O) groups excluding carboxylic acids is 1. The average molecular weight is 443 g/mol. The van der Waals surface area contributed by atoms with Crippen LogP contribution in [-0.4, -0.2) is 55.8 Å².